The van der Waals surface area contributed by atoms with Crippen molar-refractivity contribution in [1.82, 2.24) is 10.2 Å². The molecule has 0 unspecified atom stereocenters. The smallest absolute Gasteiger partial charge is 0.249 e. The highest BCUT2D eigenvalue weighted by molar-refractivity contribution is 6.35. The number of hydroxylamine groups is 1. The number of amides is 1. The first-order chi connectivity index (χ1) is 17.1. The van der Waals surface area contributed by atoms with Gasteiger partial charge in [0.05, 0.1) is 17.2 Å². The van der Waals surface area contributed by atoms with Gasteiger partial charge in [0.1, 0.15) is 18.5 Å². The lowest BCUT2D eigenvalue weighted by Crippen LogP contribution is -2.54. The van der Waals surface area contributed by atoms with E-state index < -0.39 is 11.4 Å². The second-order valence-corrected chi connectivity index (χ2v) is 10.8. The Balaban J connectivity index is 1.26. The Morgan fingerprint density at radius 1 is 1.11 bits per heavy atom. The number of halogens is 2. The normalized spacial score (nSPS) is 23.1. The van der Waals surface area contributed by atoms with E-state index in [1.807, 2.05) is 63.0 Å². The Hall–Kier alpha value is -2.07. The van der Waals surface area contributed by atoms with Crippen molar-refractivity contribution in [3.63, 3.8) is 0 Å². The molecular formula is C26H33Cl2N3O5. The zero-order valence-electron chi connectivity index (χ0n) is 21.1. The minimum Gasteiger partial charge on any atom is -0.491 e. The maximum atomic E-state index is 11.5. The van der Waals surface area contributed by atoms with Crippen LogP contribution in [0.4, 0.5) is 5.69 Å². The topological polar surface area (TPSA) is 63.7 Å². The standard InChI is InChI=1S/C26H33Cl2N3O5/c1-25(2,3)36-31(18-32)30-13-11-29(12-14-30)20-6-8-21(9-7-20)33-16-22-17-34-26(4,35-22)23-10-5-19(27)15-24(23)28/h5-10,15,18,22H,11-14,16-17H2,1-4H3/t22-,26+/m1/s1. The van der Waals surface area contributed by atoms with Crippen LogP contribution in [0.2, 0.25) is 10.0 Å². The van der Waals surface area contributed by atoms with Crippen molar-refractivity contribution in [2.75, 3.05) is 44.3 Å². The largest absolute Gasteiger partial charge is 0.491 e. The van der Waals surface area contributed by atoms with Gasteiger partial charge in [0.15, 0.2) is 5.79 Å². The molecule has 2 atom stereocenters. The highest BCUT2D eigenvalue weighted by Gasteiger charge is 2.40. The maximum Gasteiger partial charge on any atom is 0.249 e. The predicted octanol–water partition coefficient (Wildman–Crippen LogP) is 4.89. The quantitative estimate of drug-likeness (QED) is 0.351. The molecular weight excluding hydrogens is 505 g/mol. The molecule has 0 N–H and O–H groups in total. The molecule has 4 rings (SSSR count). The molecule has 0 aromatic heterocycles. The Kier molecular flexibility index (Phi) is 8.34. The summed E-state index contributed by atoms with van der Waals surface area (Å²) in [5, 5.41) is 4.30. The van der Waals surface area contributed by atoms with Gasteiger partial charge in [-0.3, -0.25) is 4.79 Å². The molecule has 2 aliphatic heterocycles. The molecule has 36 heavy (non-hydrogen) atoms. The number of carbonyl (C=O) groups is 1. The van der Waals surface area contributed by atoms with Crippen molar-refractivity contribution >= 4 is 35.3 Å². The molecule has 2 saturated heterocycles. The molecule has 0 aliphatic carbocycles. The molecule has 196 valence electrons. The fourth-order valence-corrected chi connectivity index (χ4v) is 4.82. The molecule has 0 radical (unpaired) electrons. The second-order valence-electron chi connectivity index (χ2n) is 9.98. The van der Waals surface area contributed by atoms with Gasteiger partial charge in [0.2, 0.25) is 6.41 Å². The number of rotatable bonds is 8. The lowest BCUT2D eigenvalue weighted by Gasteiger charge is -2.41. The van der Waals surface area contributed by atoms with Crippen molar-refractivity contribution in [2.24, 2.45) is 0 Å². The number of carbonyl (C=O) groups excluding carboxylic acids is 1. The van der Waals surface area contributed by atoms with Gasteiger partial charge in [-0.25, -0.2) is 4.84 Å². The summed E-state index contributed by atoms with van der Waals surface area (Å²) in [6, 6.07) is 13.3. The van der Waals surface area contributed by atoms with E-state index in [0.29, 0.717) is 36.3 Å². The van der Waals surface area contributed by atoms with Crippen LogP contribution >= 0.6 is 23.2 Å². The summed E-state index contributed by atoms with van der Waals surface area (Å²) >= 11 is 12.4. The Bertz CT molecular complexity index is 1040. The van der Waals surface area contributed by atoms with Gasteiger partial charge in [-0.2, -0.15) is 5.01 Å². The number of benzene rings is 2. The first kappa shape index (κ1) is 27.0. The molecule has 2 aromatic rings. The minimum absolute atomic E-state index is 0.231. The van der Waals surface area contributed by atoms with E-state index in [0.717, 1.165) is 36.5 Å². The molecule has 2 aromatic carbocycles. The number of piperazine rings is 1. The monoisotopic (exact) mass is 537 g/mol. The number of hydrogen-bond donors (Lipinski definition) is 0. The van der Waals surface area contributed by atoms with Crippen molar-refractivity contribution < 1.29 is 23.8 Å². The zero-order chi connectivity index (χ0) is 25.9. The van der Waals surface area contributed by atoms with Gasteiger partial charge in [-0.05, 0) is 64.1 Å². The number of nitrogens with zero attached hydrogens (tertiary/aromatic N) is 3. The third kappa shape index (κ3) is 6.62. The number of hydrazine groups is 1. The third-order valence-corrected chi connectivity index (χ3v) is 6.53. The van der Waals surface area contributed by atoms with Gasteiger partial charge in [-0.1, -0.05) is 29.3 Å². The predicted molar refractivity (Wildman–Crippen MR) is 139 cm³/mol. The first-order valence-electron chi connectivity index (χ1n) is 12.0. The van der Waals surface area contributed by atoms with Crippen molar-refractivity contribution in [3.05, 3.63) is 58.1 Å². The van der Waals surface area contributed by atoms with Crippen LogP contribution in [-0.2, 0) is 24.9 Å². The van der Waals surface area contributed by atoms with Gasteiger partial charge in [0.25, 0.3) is 0 Å². The molecule has 2 heterocycles. The van der Waals surface area contributed by atoms with E-state index in [4.69, 9.17) is 42.3 Å². The number of ether oxygens (including phenoxy) is 3. The lowest BCUT2D eigenvalue weighted by atomic mass is 10.1. The van der Waals surface area contributed by atoms with Crippen molar-refractivity contribution in [1.29, 1.82) is 0 Å². The average molecular weight is 538 g/mol. The zero-order valence-corrected chi connectivity index (χ0v) is 22.6. The SMILES string of the molecule is CC(C)(C)ON(C=O)N1CCN(c2ccc(OC[C@@H]3CO[C@](C)(c4ccc(Cl)cc4Cl)O3)cc2)CC1. The summed E-state index contributed by atoms with van der Waals surface area (Å²) in [5.41, 5.74) is 1.40. The van der Waals surface area contributed by atoms with Gasteiger partial charge >= 0.3 is 0 Å². The summed E-state index contributed by atoms with van der Waals surface area (Å²) in [6.45, 7) is 11.3. The molecule has 10 heteroatoms. The van der Waals surface area contributed by atoms with Gasteiger partial charge in [0, 0.05) is 42.5 Å². The Morgan fingerprint density at radius 2 is 1.81 bits per heavy atom. The maximum absolute atomic E-state index is 11.5. The van der Waals surface area contributed by atoms with E-state index >= 15 is 0 Å². The average Bonchev–Trinajstić information content (AvgIpc) is 3.22. The summed E-state index contributed by atoms with van der Waals surface area (Å²) in [7, 11) is 0. The van der Waals surface area contributed by atoms with E-state index in [1.165, 1.54) is 5.17 Å². The minimum atomic E-state index is -0.945. The molecule has 1 amide bonds. The van der Waals surface area contributed by atoms with Crippen LogP contribution < -0.4 is 9.64 Å². The number of hydrogen-bond acceptors (Lipinski definition) is 7. The molecule has 0 spiro atoms. The first-order valence-corrected chi connectivity index (χ1v) is 12.8. The van der Waals surface area contributed by atoms with E-state index in [1.54, 1.807) is 12.1 Å². The van der Waals surface area contributed by atoms with E-state index in [2.05, 4.69) is 4.90 Å². The van der Waals surface area contributed by atoms with Gasteiger partial charge in [-0.15, -0.1) is 5.17 Å². The van der Waals surface area contributed by atoms with Crippen LogP contribution in [0.15, 0.2) is 42.5 Å². The van der Waals surface area contributed by atoms with Crippen LogP contribution in [0.1, 0.15) is 33.3 Å². The van der Waals surface area contributed by atoms with Crippen LogP contribution in [0.25, 0.3) is 0 Å². The van der Waals surface area contributed by atoms with E-state index in [9.17, 15) is 4.79 Å². The molecule has 8 nitrogen and oxygen atoms in total. The molecule has 2 fully saturated rings. The highest BCUT2D eigenvalue weighted by Crippen LogP contribution is 2.38. The lowest BCUT2D eigenvalue weighted by molar-refractivity contribution is -0.300. The third-order valence-electron chi connectivity index (χ3n) is 5.99. The van der Waals surface area contributed by atoms with Crippen LogP contribution in [0.5, 0.6) is 5.75 Å². The summed E-state index contributed by atoms with van der Waals surface area (Å²) in [4.78, 5) is 19.5. The molecule has 0 bridgehead atoms. The number of anilines is 1. The summed E-state index contributed by atoms with van der Waals surface area (Å²) < 4.78 is 18.0. The van der Waals surface area contributed by atoms with Crippen molar-refractivity contribution in [3.8, 4) is 5.75 Å². The van der Waals surface area contributed by atoms with Crippen molar-refractivity contribution in [2.45, 2.75) is 45.2 Å². The highest BCUT2D eigenvalue weighted by atomic mass is 35.5. The second kappa shape index (κ2) is 11.1. The van der Waals surface area contributed by atoms with Crippen LogP contribution in [0.3, 0.4) is 0 Å². The molecule has 2 aliphatic rings. The van der Waals surface area contributed by atoms with Crippen LogP contribution in [0, 0.1) is 0 Å². The van der Waals surface area contributed by atoms with Crippen LogP contribution in [-0.4, -0.2) is 67.7 Å². The fraction of sp³-hybridized carbons (Fsp3) is 0.500. The Labute approximate surface area is 222 Å². The Morgan fingerprint density at radius 3 is 2.42 bits per heavy atom. The summed E-state index contributed by atoms with van der Waals surface area (Å²) in [5.74, 6) is -0.191. The fourth-order valence-electron chi connectivity index (χ4n) is 4.24. The molecule has 0 saturated carbocycles. The summed E-state index contributed by atoms with van der Waals surface area (Å²) in [6.07, 6.45) is 0.490. The van der Waals surface area contributed by atoms with Gasteiger partial charge < -0.3 is 19.1 Å². The van der Waals surface area contributed by atoms with E-state index in [-0.39, 0.29) is 6.10 Å².